The standard InChI is InChI=1S/C15H21F2NO2/c1-15(16,17)12-10-14-13(19-7-4-8-20-14)9-11(12)5-2-3-6-18/h9-10H,2-8,18H2,1H3. The van der Waals surface area contributed by atoms with Crippen molar-refractivity contribution in [1.82, 2.24) is 0 Å². The van der Waals surface area contributed by atoms with Gasteiger partial charge in [-0.3, -0.25) is 0 Å². The molecule has 0 aliphatic carbocycles. The summed E-state index contributed by atoms with van der Waals surface area (Å²) in [6.07, 6.45) is 2.95. The van der Waals surface area contributed by atoms with Crippen LogP contribution in [0, 0.1) is 0 Å². The molecule has 112 valence electrons. The molecule has 0 spiro atoms. The number of aryl methyl sites for hydroxylation is 1. The fourth-order valence-electron chi connectivity index (χ4n) is 2.33. The zero-order chi connectivity index (χ0) is 14.6. The number of hydrogen-bond acceptors (Lipinski definition) is 3. The second-order valence-corrected chi connectivity index (χ2v) is 5.14. The molecule has 5 heteroatoms. The Bertz CT molecular complexity index is 458. The number of rotatable bonds is 5. The van der Waals surface area contributed by atoms with Crippen molar-refractivity contribution in [3.8, 4) is 11.5 Å². The van der Waals surface area contributed by atoms with Crippen LogP contribution in [0.4, 0.5) is 8.78 Å². The van der Waals surface area contributed by atoms with Crippen molar-refractivity contribution in [2.24, 2.45) is 5.73 Å². The summed E-state index contributed by atoms with van der Waals surface area (Å²) in [5, 5.41) is 0. The molecule has 20 heavy (non-hydrogen) atoms. The topological polar surface area (TPSA) is 44.5 Å². The Labute approximate surface area is 118 Å². The molecule has 1 aliphatic rings. The summed E-state index contributed by atoms with van der Waals surface area (Å²) in [4.78, 5) is 0. The molecule has 0 fully saturated rings. The van der Waals surface area contributed by atoms with E-state index in [4.69, 9.17) is 15.2 Å². The maximum Gasteiger partial charge on any atom is 0.270 e. The largest absolute Gasteiger partial charge is 0.490 e. The van der Waals surface area contributed by atoms with E-state index in [1.165, 1.54) is 6.07 Å². The van der Waals surface area contributed by atoms with E-state index in [0.717, 1.165) is 26.2 Å². The number of fused-ring (bicyclic) bond motifs is 1. The second kappa shape index (κ2) is 6.39. The molecule has 0 radical (unpaired) electrons. The summed E-state index contributed by atoms with van der Waals surface area (Å²) in [5.41, 5.74) is 6.10. The molecule has 2 rings (SSSR count). The summed E-state index contributed by atoms with van der Waals surface area (Å²) in [7, 11) is 0. The van der Waals surface area contributed by atoms with Crippen LogP contribution in [0.25, 0.3) is 0 Å². The number of hydrogen-bond donors (Lipinski definition) is 1. The van der Waals surface area contributed by atoms with Crippen LogP contribution in [0.2, 0.25) is 0 Å². The Hall–Kier alpha value is -1.36. The van der Waals surface area contributed by atoms with E-state index in [2.05, 4.69) is 0 Å². The molecular weight excluding hydrogens is 264 g/mol. The number of ether oxygens (including phenoxy) is 2. The van der Waals surface area contributed by atoms with Gasteiger partial charge in [-0.15, -0.1) is 0 Å². The first-order chi connectivity index (χ1) is 9.52. The van der Waals surface area contributed by atoms with Gasteiger partial charge in [-0.2, -0.15) is 0 Å². The first kappa shape index (κ1) is 15.0. The predicted octanol–water partition coefficient (Wildman–Crippen LogP) is 3.24. The first-order valence-electron chi connectivity index (χ1n) is 7.03. The van der Waals surface area contributed by atoms with Gasteiger partial charge >= 0.3 is 0 Å². The van der Waals surface area contributed by atoms with E-state index < -0.39 is 5.92 Å². The van der Waals surface area contributed by atoms with Crippen molar-refractivity contribution in [1.29, 1.82) is 0 Å². The van der Waals surface area contributed by atoms with Crippen LogP contribution in [0.5, 0.6) is 11.5 Å². The molecule has 1 aromatic carbocycles. The van der Waals surface area contributed by atoms with E-state index in [1.807, 2.05) is 0 Å². The Balaban J connectivity index is 2.33. The third kappa shape index (κ3) is 3.60. The SMILES string of the molecule is CC(F)(F)c1cc2c(cc1CCCCN)OCCCO2. The molecule has 1 heterocycles. The van der Waals surface area contributed by atoms with E-state index in [1.54, 1.807) is 6.07 Å². The van der Waals surface area contributed by atoms with Gasteiger partial charge < -0.3 is 15.2 Å². The minimum Gasteiger partial charge on any atom is -0.490 e. The molecule has 0 bridgehead atoms. The minimum absolute atomic E-state index is 0.0266. The monoisotopic (exact) mass is 285 g/mol. The zero-order valence-electron chi connectivity index (χ0n) is 11.8. The Morgan fingerprint density at radius 3 is 2.40 bits per heavy atom. The number of alkyl halides is 2. The van der Waals surface area contributed by atoms with Gasteiger partial charge in [-0.05, 0) is 43.5 Å². The highest BCUT2D eigenvalue weighted by molar-refractivity contribution is 5.49. The second-order valence-electron chi connectivity index (χ2n) is 5.14. The lowest BCUT2D eigenvalue weighted by atomic mass is 9.97. The highest BCUT2D eigenvalue weighted by Gasteiger charge is 2.29. The maximum atomic E-state index is 13.8. The Morgan fingerprint density at radius 2 is 1.80 bits per heavy atom. The number of halogens is 2. The first-order valence-corrected chi connectivity index (χ1v) is 7.03. The van der Waals surface area contributed by atoms with Gasteiger partial charge in [0.05, 0.1) is 13.2 Å². The normalized spacial score (nSPS) is 15.0. The quantitative estimate of drug-likeness (QED) is 0.845. The molecular formula is C15H21F2NO2. The van der Waals surface area contributed by atoms with Crippen LogP contribution in [0.1, 0.15) is 37.3 Å². The number of unbranched alkanes of at least 4 members (excludes halogenated alkanes) is 1. The van der Waals surface area contributed by atoms with E-state index in [-0.39, 0.29) is 5.56 Å². The van der Waals surface area contributed by atoms with Crippen LogP contribution < -0.4 is 15.2 Å². The van der Waals surface area contributed by atoms with Gasteiger partial charge in [0.25, 0.3) is 5.92 Å². The van der Waals surface area contributed by atoms with Gasteiger partial charge in [0.1, 0.15) is 0 Å². The van der Waals surface area contributed by atoms with Crippen molar-refractivity contribution < 1.29 is 18.3 Å². The highest BCUT2D eigenvalue weighted by Crippen LogP contribution is 2.39. The average molecular weight is 285 g/mol. The summed E-state index contributed by atoms with van der Waals surface area (Å²) < 4.78 is 38.6. The fraction of sp³-hybridized carbons (Fsp3) is 0.600. The molecule has 3 nitrogen and oxygen atoms in total. The van der Waals surface area contributed by atoms with Crippen LogP contribution in [-0.4, -0.2) is 19.8 Å². The van der Waals surface area contributed by atoms with Crippen LogP contribution >= 0.6 is 0 Å². The van der Waals surface area contributed by atoms with E-state index in [9.17, 15) is 8.78 Å². The van der Waals surface area contributed by atoms with Crippen molar-refractivity contribution >= 4 is 0 Å². The number of nitrogens with two attached hydrogens (primary N) is 1. The summed E-state index contributed by atoms with van der Waals surface area (Å²) >= 11 is 0. The smallest absolute Gasteiger partial charge is 0.270 e. The van der Waals surface area contributed by atoms with Gasteiger partial charge in [-0.25, -0.2) is 8.78 Å². The summed E-state index contributed by atoms with van der Waals surface area (Å²) in [6.45, 7) is 2.53. The Morgan fingerprint density at radius 1 is 1.15 bits per heavy atom. The van der Waals surface area contributed by atoms with Crippen LogP contribution in [-0.2, 0) is 12.3 Å². The van der Waals surface area contributed by atoms with Crippen molar-refractivity contribution in [2.45, 2.75) is 38.5 Å². The van der Waals surface area contributed by atoms with E-state index in [0.29, 0.717) is 43.2 Å². The van der Waals surface area contributed by atoms with Crippen molar-refractivity contribution in [3.05, 3.63) is 23.3 Å². The predicted molar refractivity (Wildman–Crippen MR) is 73.6 cm³/mol. The molecule has 0 saturated heterocycles. The molecule has 0 saturated carbocycles. The van der Waals surface area contributed by atoms with Gasteiger partial charge in [0, 0.05) is 18.9 Å². The van der Waals surface area contributed by atoms with Gasteiger partial charge in [-0.1, -0.05) is 0 Å². The average Bonchev–Trinajstić information content (AvgIpc) is 2.61. The fourth-order valence-corrected chi connectivity index (χ4v) is 2.33. The third-order valence-electron chi connectivity index (χ3n) is 3.35. The van der Waals surface area contributed by atoms with E-state index >= 15 is 0 Å². The minimum atomic E-state index is -2.89. The molecule has 0 amide bonds. The lowest BCUT2D eigenvalue weighted by Gasteiger charge is -2.19. The lowest BCUT2D eigenvalue weighted by Crippen LogP contribution is -2.12. The van der Waals surface area contributed by atoms with Gasteiger partial charge in [0.2, 0.25) is 0 Å². The summed E-state index contributed by atoms with van der Waals surface area (Å²) in [6, 6.07) is 3.13. The number of benzene rings is 1. The molecule has 1 aliphatic heterocycles. The molecule has 1 aromatic rings. The van der Waals surface area contributed by atoms with Crippen LogP contribution in [0.15, 0.2) is 12.1 Å². The molecule has 0 aromatic heterocycles. The molecule has 0 atom stereocenters. The van der Waals surface area contributed by atoms with Gasteiger partial charge in [0.15, 0.2) is 11.5 Å². The summed E-state index contributed by atoms with van der Waals surface area (Å²) in [5.74, 6) is -1.90. The molecule has 2 N–H and O–H groups in total. The zero-order valence-corrected chi connectivity index (χ0v) is 11.8. The van der Waals surface area contributed by atoms with Crippen molar-refractivity contribution in [3.63, 3.8) is 0 Å². The highest BCUT2D eigenvalue weighted by atomic mass is 19.3. The Kier molecular flexibility index (Phi) is 4.81. The van der Waals surface area contributed by atoms with Crippen LogP contribution in [0.3, 0.4) is 0 Å². The maximum absolute atomic E-state index is 13.8. The molecule has 0 unspecified atom stereocenters. The lowest BCUT2D eigenvalue weighted by molar-refractivity contribution is 0.0162. The van der Waals surface area contributed by atoms with Crippen molar-refractivity contribution in [2.75, 3.05) is 19.8 Å². The third-order valence-corrected chi connectivity index (χ3v) is 3.35.